The third kappa shape index (κ3) is 3.49. The van der Waals surface area contributed by atoms with Gasteiger partial charge in [0.25, 0.3) is 0 Å². The van der Waals surface area contributed by atoms with E-state index in [4.69, 9.17) is 15.7 Å². The Bertz CT molecular complexity index is 470. The minimum Gasteiger partial charge on any atom is -0.492 e. The molecule has 3 nitrogen and oxygen atoms in total. The van der Waals surface area contributed by atoms with Crippen LogP contribution in [0.5, 0.6) is 5.75 Å². The van der Waals surface area contributed by atoms with E-state index in [1.54, 1.807) is 0 Å². The second kappa shape index (κ2) is 6.93. The Morgan fingerprint density at radius 2 is 2.05 bits per heavy atom. The lowest BCUT2D eigenvalue weighted by Crippen LogP contribution is -2.30. The molecule has 1 saturated carbocycles. The van der Waals surface area contributed by atoms with Gasteiger partial charge in [-0.1, -0.05) is 18.9 Å². The number of benzene rings is 1. The molecule has 0 radical (unpaired) electrons. The first-order valence-electron chi connectivity index (χ1n) is 6.77. The Morgan fingerprint density at radius 1 is 1.32 bits per heavy atom. The van der Waals surface area contributed by atoms with E-state index in [1.807, 2.05) is 18.2 Å². The highest BCUT2D eigenvalue weighted by atomic mass is 79.9. The van der Waals surface area contributed by atoms with Crippen LogP contribution in [0.4, 0.5) is 0 Å². The first kappa shape index (κ1) is 14.4. The van der Waals surface area contributed by atoms with Gasteiger partial charge < -0.3 is 10.5 Å². The van der Waals surface area contributed by atoms with E-state index in [0.29, 0.717) is 29.8 Å². The van der Waals surface area contributed by atoms with E-state index in [9.17, 15) is 0 Å². The van der Waals surface area contributed by atoms with Gasteiger partial charge in [0.15, 0.2) is 0 Å². The number of nitrogens with two attached hydrogens (primary N) is 1. The van der Waals surface area contributed by atoms with Crippen molar-refractivity contribution >= 4 is 15.9 Å². The molecule has 1 fully saturated rings. The van der Waals surface area contributed by atoms with Gasteiger partial charge in [-0.2, -0.15) is 5.26 Å². The van der Waals surface area contributed by atoms with E-state index in [0.717, 1.165) is 11.0 Å². The van der Waals surface area contributed by atoms with Gasteiger partial charge in [-0.3, -0.25) is 0 Å². The van der Waals surface area contributed by atoms with Crippen molar-refractivity contribution in [3.63, 3.8) is 0 Å². The first-order chi connectivity index (χ1) is 9.26. The molecule has 2 rings (SSSR count). The van der Waals surface area contributed by atoms with Crippen LogP contribution < -0.4 is 10.5 Å². The van der Waals surface area contributed by atoms with Crippen LogP contribution in [0.25, 0.3) is 0 Å². The molecule has 0 heterocycles. The van der Waals surface area contributed by atoms with Crippen molar-refractivity contribution in [1.82, 2.24) is 0 Å². The van der Waals surface area contributed by atoms with Gasteiger partial charge in [-0.15, -0.1) is 0 Å². The van der Waals surface area contributed by atoms with Crippen molar-refractivity contribution in [2.24, 2.45) is 17.6 Å². The summed E-state index contributed by atoms with van der Waals surface area (Å²) in [6.45, 7) is 1.39. The molecule has 0 saturated heterocycles. The van der Waals surface area contributed by atoms with Crippen molar-refractivity contribution in [2.75, 3.05) is 13.2 Å². The van der Waals surface area contributed by atoms with Crippen LogP contribution in [-0.2, 0) is 0 Å². The molecule has 1 aromatic rings. The smallest absolute Gasteiger partial charge is 0.138 e. The van der Waals surface area contributed by atoms with E-state index in [2.05, 4.69) is 22.0 Å². The Morgan fingerprint density at radius 3 is 2.74 bits per heavy atom. The number of halogens is 1. The second-order valence-electron chi connectivity index (χ2n) is 5.08. The summed E-state index contributed by atoms with van der Waals surface area (Å²) in [7, 11) is 0. The Labute approximate surface area is 122 Å². The third-order valence-electron chi connectivity index (χ3n) is 3.91. The number of nitriles is 1. The number of hydrogen-bond donors (Lipinski definition) is 1. The maximum atomic E-state index is 9.15. The standard InChI is InChI=1S/C15H19BrN2O/c16-14-6-3-7-15(13(14)9-18)19-10-12-5-2-1-4-11(12)8-17/h3,6-7,11-12H,1-2,4-5,8,10,17H2. The van der Waals surface area contributed by atoms with Crippen molar-refractivity contribution in [3.05, 3.63) is 28.2 Å². The topological polar surface area (TPSA) is 59.0 Å². The summed E-state index contributed by atoms with van der Waals surface area (Å²) in [5, 5.41) is 9.15. The van der Waals surface area contributed by atoms with Gasteiger partial charge in [-0.05, 0) is 59.3 Å². The summed E-state index contributed by atoms with van der Waals surface area (Å²) in [4.78, 5) is 0. The molecule has 2 unspecified atom stereocenters. The second-order valence-corrected chi connectivity index (χ2v) is 5.93. The van der Waals surface area contributed by atoms with E-state index in [-0.39, 0.29) is 0 Å². The zero-order valence-corrected chi connectivity index (χ0v) is 12.5. The molecule has 2 N–H and O–H groups in total. The van der Waals surface area contributed by atoms with Crippen LogP contribution in [0.15, 0.2) is 22.7 Å². The molecular weight excluding hydrogens is 304 g/mol. The SMILES string of the molecule is N#Cc1c(Br)cccc1OCC1CCCCC1CN. The van der Waals surface area contributed by atoms with Crippen LogP contribution in [0.3, 0.4) is 0 Å². The number of nitrogens with zero attached hydrogens (tertiary/aromatic N) is 1. The van der Waals surface area contributed by atoms with E-state index in [1.165, 1.54) is 25.7 Å². The van der Waals surface area contributed by atoms with Gasteiger partial charge in [-0.25, -0.2) is 0 Å². The Hall–Kier alpha value is -1.05. The molecule has 4 heteroatoms. The fraction of sp³-hybridized carbons (Fsp3) is 0.533. The average Bonchev–Trinajstić information content (AvgIpc) is 2.45. The van der Waals surface area contributed by atoms with E-state index < -0.39 is 0 Å². The molecule has 2 atom stereocenters. The normalized spacial score (nSPS) is 22.8. The molecule has 0 aliphatic heterocycles. The monoisotopic (exact) mass is 322 g/mol. The van der Waals surface area contributed by atoms with Crippen LogP contribution in [0.2, 0.25) is 0 Å². The van der Waals surface area contributed by atoms with Crippen molar-refractivity contribution in [1.29, 1.82) is 5.26 Å². The fourth-order valence-corrected chi connectivity index (χ4v) is 3.18. The van der Waals surface area contributed by atoms with Crippen molar-refractivity contribution in [2.45, 2.75) is 25.7 Å². The zero-order chi connectivity index (χ0) is 13.7. The number of hydrogen-bond acceptors (Lipinski definition) is 3. The van der Waals surface area contributed by atoms with Gasteiger partial charge >= 0.3 is 0 Å². The van der Waals surface area contributed by atoms with Crippen molar-refractivity contribution < 1.29 is 4.74 Å². The number of rotatable bonds is 4. The highest BCUT2D eigenvalue weighted by molar-refractivity contribution is 9.10. The van der Waals surface area contributed by atoms with Gasteiger partial charge in [0.05, 0.1) is 6.61 Å². The van der Waals surface area contributed by atoms with Crippen LogP contribution in [-0.4, -0.2) is 13.2 Å². The maximum absolute atomic E-state index is 9.15. The minimum atomic E-state index is 0.518. The van der Waals surface area contributed by atoms with E-state index >= 15 is 0 Å². The molecule has 1 aliphatic carbocycles. The molecule has 19 heavy (non-hydrogen) atoms. The molecule has 1 aliphatic rings. The molecule has 0 bridgehead atoms. The Balaban J connectivity index is 2.02. The molecule has 0 spiro atoms. The van der Waals surface area contributed by atoms with Crippen LogP contribution >= 0.6 is 15.9 Å². The summed E-state index contributed by atoms with van der Waals surface area (Å²) in [5.41, 5.74) is 6.40. The minimum absolute atomic E-state index is 0.518. The van der Waals surface area contributed by atoms with Gasteiger partial charge in [0.2, 0.25) is 0 Å². The molecule has 1 aromatic carbocycles. The predicted octanol–water partition coefficient (Wildman–Crippen LogP) is 3.46. The van der Waals surface area contributed by atoms with Gasteiger partial charge in [0, 0.05) is 4.47 Å². The summed E-state index contributed by atoms with van der Waals surface area (Å²) in [6, 6.07) is 7.78. The predicted molar refractivity (Wildman–Crippen MR) is 78.9 cm³/mol. The first-order valence-corrected chi connectivity index (χ1v) is 7.57. The molecule has 0 aromatic heterocycles. The summed E-state index contributed by atoms with van der Waals surface area (Å²) in [6.07, 6.45) is 4.92. The highest BCUT2D eigenvalue weighted by Crippen LogP contribution is 2.31. The fourth-order valence-electron chi connectivity index (χ4n) is 2.74. The lowest BCUT2D eigenvalue weighted by Gasteiger charge is -2.30. The van der Waals surface area contributed by atoms with Gasteiger partial charge in [0.1, 0.15) is 17.4 Å². The molecule has 102 valence electrons. The van der Waals surface area contributed by atoms with Crippen LogP contribution in [0.1, 0.15) is 31.2 Å². The summed E-state index contributed by atoms with van der Waals surface area (Å²) in [5.74, 6) is 1.74. The maximum Gasteiger partial charge on any atom is 0.138 e. The lowest BCUT2D eigenvalue weighted by molar-refractivity contribution is 0.153. The average molecular weight is 323 g/mol. The summed E-state index contributed by atoms with van der Waals surface area (Å²) >= 11 is 3.38. The van der Waals surface area contributed by atoms with Crippen molar-refractivity contribution in [3.8, 4) is 11.8 Å². The number of ether oxygens (including phenoxy) is 1. The van der Waals surface area contributed by atoms with Crippen LogP contribution in [0, 0.1) is 23.2 Å². The molecule has 0 amide bonds. The highest BCUT2D eigenvalue weighted by Gasteiger charge is 2.24. The third-order valence-corrected chi connectivity index (χ3v) is 4.57. The quantitative estimate of drug-likeness (QED) is 0.923. The molecular formula is C15H19BrN2O. The Kier molecular flexibility index (Phi) is 5.24. The largest absolute Gasteiger partial charge is 0.492 e. The zero-order valence-electron chi connectivity index (χ0n) is 10.9. The lowest BCUT2D eigenvalue weighted by atomic mass is 9.80. The summed E-state index contributed by atoms with van der Waals surface area (Å²) < 4.78 is 6.66.